The third kappa shape index (κ3) is 2.73. The predicted octanol–water partition coefficient (Wildman–Crippen LogP) is 1.61. The highest BCUT2D eigenvalue weighted by Crippen LogP contribution is 2.21. The van der Waals surface area contributed by atoms with Crippen LogP contribution < -0.4 is 0 Å². The zero-order chi connectivity index (χ0) is 13.0. The monoisotopic (exact) mass is 266 g/mol. The number of aromatic amines is 1. The molecule has 96 valence electrons. The molecular weight excluding hydrogens is 252 g/mol. The van der Waals surface area contributed by atoms with E-state index in [1.165, 1.54) is 18.0 Å². The van der Waals surface area contributed by atoms with Crippen molar-refractivity contribution in [2.75, 3.05) is 6.61 Å². The Labute approximate surface area is 109 Å². The van der Waals surface area contributed by atoms with E-state index in [0.717, 1.165) is 10.9 Å². The van der Waals surface area contributed by atoms with Crippen molar-refractivity contribution in [1.82, 2.24) is 19.7 Å². The van der Waals surface area contributed by atoms with Crippen LogP contribution in [0.4, 0.5) is 0 Å². The van der Waals surface area contributed by atoms with Crippen LogP contribution >= 0.6 is 11.8 Å². The SMILES string of the molecule is CCOC(=O)c1cnn(C)c1CSc1ncc[nH]1. The minimum Gasteiger partial charge on any atom is -0.462 e. The Hall–Kier alpha value is -1.76. The molecule has 0 radical (unpaired) electrons. The molecule has 0 saturated heterocycles. The molecule has 2 aromatic rings. The number of hydrogen-bond donors (Lipinski definition) is 1. The van der Waals surface area contributed by atoms with Gasteiger partial charge in [-0.3, -0.25) is 4.68 Å². The second-order valence-corrected chi connectivity index (χ2v) is 4.50. The van der Waals surface area contributed by atoms with Crippen LogP contribution in [0.15, 0.2) is 23.7 Å². The van der Waals surface area contributed by atoms with Gasteiger partial charge in [-0.2, -0.15) is 5.10 Å². The van der Waals surface area contributed by atoms with Crippen molar-refractivity contribution in [3.63, 3.8) is 0 Å². The fourth-order valence-corrected chi connectivity index (χ4v) is 2.38. The molecule has 0 amide bonds. The number of esters is 1. The molecule has 2 aromatic heterocycles. The van der Waals surface area contributed by atoms with E-state index < -0.39 is 0 Å². The maximum Gasteiger partial charge on any atom is 0.341 e. The van der Waals surface area contributed by atoms with E-state index in [2.05, 4.69) is 15.1 Å². The van der Waals surface area contributed by atoms with Crippen molar-refractivity contribution in [2.24, 2.45) is 7.05 Å². The molecule has 7 heteroatoms. The molecule has 0 aliphatic heterocycles. The quantitative estimate of drug-likeness (QED) is 0.657. The first kappa shape index (κ1) is 12.7. The minimum atomic E-state index is -0.333. The first-order chi connectivity index (χ1) is 8.72. The van der Waals surface area contributed by atoms with E-state index in [9.17, 15) is 4.79 Å². The molecule has 0 aliphatic rings. The zero-order valence-electron chi connectivity index (χ0n) is 10.2. The highest BCUT2D eigenvalue weighted by atomic mass is 32.2. The molecule has 0 aliphatic carbocycles. The highest BCUT2D eigenvalue weighted by molar-refractivity contribution is 7.98. The highest BCUT2D eigenvalue weighted by Gasteiger charge is 2.17. The smallest absolute Gasteiger partial charge is 0.341 e. The van der Waals surface area contributed by atoms with Crippen LogP contribution in [0.1, 0.15) is 23.0 Å². The lowest BCUT2D eigenvalue weighted by atomic mass is 10.3. The normalized spacial score (nSPS) is 10.6. The molecule has 6 nitrogen and oxygen atoms in total. The van der Waals surface area contributed by atoms with Gasteiger partial charge in [-0.05, 0) is 6.92 Å². The molecule has 0 bridgehead atoms. The maximum atomic E-state index is 11.7. The number of nitrogens with one attached hydrogen (secondary N) is 1. The number of hydrogen-bond acceptors (Lipinski definition) is 5. The maximum absolute atomic E-state index is 11.7. The number of carbonyl (C=O) groups is 1. The largest absolute Gasteiger partial charge is 0.462 e. The molecule has 0 aromatic carbocycles. The van der Waals surface area contributed by atoms with Gasteiger partial charge in [-0.1, -0.05) is 11.8 Å². The van der Waals surface area contributed by atoms with Crippen LogP contribution in [-0.2, 0) is 17.5 Å². The first-order valence-electron chi connectivity index (χ1n) is 5.52. The van der Waals surface area contributed by atoms with Gasteiger partial charge in [0.05, 0.1) is 18.5 Å². The van der Waals surface area contributed by atoms with Gasteiger partial charge in [0.15, 0.2) is 5.16 Å². The molecule has 1 N–H and O–H groups in total. The number of aryl methyl sites for hydroxylation is 1. The fourth-order valence-electron chi connectivity index (χ4n) is 1.48. The molecule has 2 heterocycles. The Kier molecular flexibility index (Phi) is 4.03. The standard InChI is InChI=1S/C11H14N4O2S/c1-3-17-10(16)8-6-14-15(2)9(8)7-18-11-12-4-5-13-11/h4-6H,3,7H2,1-2H3,(H,12,13). The van der Waals surface area contributed by atoms with Gasteiger partial charge in [0.2, 0.25) is 0 Å². The molecule has 0 fully saturated rings. The van der Waals surface area contributed by atoms with Crippen molar-refractivity contribution in [3.8, 4) is 0 Å². The number of nitrogens with zero attached hydrogens (tertiary/aromatic N) is 3. The van der Waals surface area contributed by atoms with Gasteiger partial charge < -0.3 is 9.72 Å². The lowest BCUT2D eigenvalue weighted by Gasteiger charge is -2.04. The molecule has 18 heavy (non-hydrogen) atoms. The molecule has 0 saturated carbocycles. The molecule has 0 spiro atoms. The van der Waals surface area contributed by atoms with E-state index in [-0.39, 0.29) is 5.97 Å². The number of rotatable bonds is 5. The number of H-pyrrole nitrogens is 1. The lowest BCUT2D eigenvalue weighted by molar-refractivity contribution is 0.0525. The number of thioether (sulfide) groups is 1. The zero-order valence-corrected chi connectivity index (χ0v) is 11.0. The Morgan fingerprint density at radius 1 is 1.61 bits per heavy atom. The van der Waals surface area contributed by atoms with Gasteiger partial charge in [0.1, 0.15) is 5.56 Å². The average Bonchev–Trinajstić information content (AvgIpc) is 2.96. The number of imidazole rings is 1. The van der Waals surface area contributed by atoms with Gasteiger partial charge in [-0.25, -0.2) is 9.78 Å². The van der Waals surface area contributed by atoms with Crippen LogP contribution in [-0.4, -0.2) is 32.3 Å². The summed E-state index contributed by atoms with van der Waals surface area (Å²) in [5.74, 6) is 0.277. The number of carbonyl (C=O) groups excluding carboxylic acids is 1. The second kappa shape index (κ2) is 5.72. The predicted molar refractivity (Wildman–Crippen MR) is 67.3 cm³/mol. The van der Waals surface area contributed by atoms with E-state index in [1.54, 1.807) is 31.0 Å². The summed E-state index contributed by atoms with van der Waals surface area (Å²) in [4.78, 5) is 18.8. The van der Waals surface area contributed by atoms with Crippen LogP contribution in [0.25, 0.3) is 0 Å². The summed E-state index contributed by atoms with van der Waals surface area (Å²) in [6.07, 6.45) is 4.99. The first-order valence-corrected chi connectivity index (χ1v) is 6.51. The van der Waals surface area contributed by atoms with E-state index in [4.69, 9.17) is 4.74 Å². The van der Waals surface area contributed by atoms with Crippen molar-refractivity contribution in [2.45, 2.75) is 17.8 Å². The molecule has 0 atom stereocenters. The van der Waals surface area contributed by atoms with Gasteiger partial charge >= 0.3 is 5.97 Å². The van der Waals surface area contributed by atoms with Gasteiger partial charge in [0.25, 0.3) is 0 Å². The minimum absolute atomic E-state index is 0.333. The fraction of sp³-hybridized carbons (Fsp3) is 0.364. The third-order valence-corrected chi connectivity index (χ3v) is 3.29. The van der Waals surface area contributed by atoms with Crippen molar-refractivity contribution < 1.29 is 9.53 Å². The van der Waals surface area contributed by atoms with Crippen LogP contribution in [0.2, 0.25) is 0 Å². The number of ether oxygens (including phenoxy) is 1. The van der Waals surface area contributed by atoms with Gasteiger partial charge in [-0.15, -0.1) is 0 Å². The molecule has 0 unspecified atom stereocenters. The van der Waals surface area contributed by atoms with E-state index in [1.807, 2.05) is 0 Å². The van der Waals surface area contributed by atoms with Crippen LogP contribution in [0.5, 0.6) is 0 Å². The number of aromatic nitrogens is 4. The van der Waals surface area contributed by atoms with Crippen molar-refractivity contribution in [3.05, 3.63) is 29.8 Å². The van der Waals surface area contributed by atoms with Gasteiger partial charge in [0, 0.05) is 25.2 Å². The Bertz CT molecular complexity index is 521. The Morgan fingerprint density at radius 3 is 3.11 bits per heavy atom. The summed E-state index contributed by atoms with van der Waals surface area (Å²) < 4.78 is 6.68. The topological polar surface area (TPSA) is 72.8 Å². The Morgan fingerprint density at radius 2 is 2.44 bits per heavy atom. The second-order valence-electron chi connectivity index (χ2n) is 3.53. The molecular formula is C11H14N4O2S. The summed E-state index contributed by atoms with van der Waals surface area (Å²) in [7, 11) is 1.81. The van der Waals surface area contributed by atoms with E-state index in [0.29, 0.717) is 17.9 Å². The van der Waals surface area contributed by atoms with Crippen LogP contribution in [0.3, 0.4) is 0 Å². The lowest BCUT2D eigenvalue weighted by Crippen LogP contribution is -2.08. The molecule has 2 rings (SSSR count). The average molecular weight is 266 g/mol. The third-order valence-electron chi connectivity index (χ3n) is 2.38. The van der Waals surface area contributed by atoms with Crippen molar-refractivity contribution >= 4 is 17.7 Å². The Balaban J connectivity index is 2.11. The van der Waals surface area contributed by atoms with Crippen molar-refractivity contribution in [1.29, 1.82) is 0 Å². The summed E-state index contributed by atoms with van der Waals surface area (Å²) >= 11 is 1.51. The van der Waals surface area contributed by atoms with Crippen LogP contribution in [0, 0.1) is 0 Å². The van der Waals surface area contributed by atoms with E-state index >= 15 is 0 Å². The summed E-state index contributed by atoms with van der Waals surface area (Å²) in [6, 6.07) is 0. The summed E-state index contributed by atoms with van der Waals surface area (Å²) in [6.45, 7) is 2.14. The summed E-state index contributed by atoms with van der Waals surface area (Å²) in [5, 5.41) is 4.90. The summed E-state index contributed by atoms with van der Waals surface area (Å²) in [5.41, 5.74) is 1.34.